The van der Waals surface area contributed by atoms with Gasteiger partial charge < -0.3 is 20.5 Å². The molecule has 0 heterocycles. The Morgan fingerprint density at radius 3 is 2.24 bits per heavy atom. The van der Waals surface area contributed by atoms with Crippen molar-refractivity contribution in [2.24, 2.45) is 5.41 Å². The van der Waals surface area contributed by atoms with Crippen LogP contribution in [0, 0.1) is 5.41 Å². The van der Waals surface area contributed by atoms with Crippen LogP contribution >= 0.6 is 11.8 Å². The first-order valence-corrected chi connectivity index (χ1v) is 12.5. The summed E-state index contributed by atoms with van der Waals surface area (Å²) < 4.78 is 5.54. The maximum Gasteiger partial charge on any atom is 0.407 e. The Hall–Kier alpha value is -3.00. The van der Waals surface area contributed by atoms with Crippen molar-refractivity contribution >= 4 is 29.7 Å². The molecule has 0 aliphatic heterocycles. The molecule has 0 spiro atoms. The number of carboxylic acid groups (broad SMARTS) is 1. The number of carboxylic acids is 1. The zero-order valence-electron chi connectivity index (χ0n) is 18.5. The van der Waals surface area contributed by atoms with Crippen molar-refractivity contribution in [3.63, 3.8) is 0 Å². The molecule has 174 valence electrons. The highest BCUT2D eigenvalue weighted by atomic mass is 32.2. The van der Waals surface area contributed by atoms with Gasteiger partial charge in [0.2, 0.25) is 5.91 Å². The van der Waals surface area contributed by atoms with E-state index >= 15 is 0 Å². The first kappa shape index (κ1) is 23.2. The normalized spacial score (nSPS) is 16.3. The summed E-state index contributed by atoms with van der Waals surface area (Å²) in [5.41, 5.74) is 3.83. The number of carbonyl (C=O) groups is 3. The van der Waals surface area contributed by atoms with E-state index in [9.17, 15) is 19.5 Å². The summed E-state index contributed by atoms with van der Waals surface area (Å²) in [4.78, 5) is 36.5. The average Bonchev–Trinajstić information content (AvgIpc) is 3.55. The molecule has 8 heteroatoms. The number of alkyl carbamates (subject to hydrolysis) is 1. The second-order valence-electron chi connectivity index (χ2n) is 8.61. The lowest BCUT2D eigenvalue weighted by Gasteiger charge is -2.20. The van der Waals surface area contributed by atoms with Gasteiger partial charge in [-0.15, -0.1) is 0 Å². The number of hydrogen-bond acceptors (Lipinski definition) is 5. The van der Waals surface area contributed by atoms with Gasteiger partial charge in [0, 0.05) is 12.5 Å². The zero-order chi connectivity index (χ0) is 23.4. The monoisotopic (exact) mass is 468 g/mol. The number of thioether (sulfide) groups is 1. The molecule has 1 saturated carbocycles. The van der Waals surface area contributed by atoms with Crippen molar-refractivity contribution in [2.45, 2.75) is 31.2 Å². The van der Waals surface area contributed by atoms with E-state index in [1.54, 1.807) is 0 Å². The maximum absolute atomic E-state index is 12.7. The van der Waals surface area contributed by atoms with Crippen LogP contribution in [0.15, 0.2) is 48.5 Å². The molecule has 7 nitrogen and oxygen atoms in total. The molecule has 2 aliphatic rings. The quantitative estimate of drug-likeness (QED) is 0.492. The smallest absolute Gasteiger partial charge is 0.407 e. The second-order valence-corrected chi connectivity index (χ2v) is 9.59. The highest BCUT2D eigenvalue weighted by Crippen LogP contribution is 2.46. The lowest BCUT2D eigenvalue weighted by Crippen LogP contribution is -2.47. The van der Waals surface area contributed by atoms with Crippen LogP contribution in [-0.4, -0.2) is 54.3 Å². The molecular formula is C25H28N2O5S. The number of fused-ring (bicyclic) bond motifs is 3. The number of carbonyl (C=O) groups excluding carboxylic acids is 2. The molecular weight excluding hydrogens is 440 g/mol. The fourth-order valence-electron chi connectivity index (χ4n) is 4.33. The molecule has 1 fully saturated rings. The second kappa shape index (κ2) is 9.87. The number of aliphatic carboxylic acids is 1. The summed E-state index contributed by atoms with van der Waals surface area (Å²) in [7, 11) is 0. The van der Waals surface area contributed by atoms with Gasteiger partial charge in [0.05, 0.1) is 5.41 Å². The summed E-state index contributed by atoms with van der Waals surface area (Å²) >= 11 is 1.53. The van der Waals surface area contributed by atoms with Gasteiger partial charge in [-0.3, -0.25) is 4.79 Å². The van der Waals surface area contributed by atoms with Gasteiger partial charge in [-0.2, -0.15) is 11.8 Å². The van der Waals surface area contributed by atoms with E-state index < -0.39 is 23.5 Å². The molecule has 33 heavy (non-hydrogen) atoms. The number of benzene rings is 2. The SMILES string of the molecule is CSCC[C@H](NC(=O)C1(CNC(=O)OCC2c3ccccc3-c3ccccc32)CC1)C(=O)O. The summed E-state index contributed by atoms with van der Waals surface area (Å²) in [5, 5.41) is 14.7. The van der Waals surface area contributed by atoms with Crippen molar-refractivity contribution < 1.29 is 24.2 Å². The Bertz CT molecular complexity index is 1010. The van der Waals surface area contributed by atoms with Crippen LogP contribution in [0.5, 0.6) is 0 Å². The summed E-state index contributed by atoms with van der Waals surface area (Å²) in [6.45, 7) is 0.333. The van der Waals surface area contributed by atoms with Crippen LogP contribution in [0.3, 0.4) is 0 Å². The predicted molar refractivity (Wildman–Crippen MR) is 127 cm³/mol. The molecule has 4 rings (SSSR count). The van der Waals surface area contributed by atoms with Gasteiger partial charge in [0.25, 0.3) is 0 Å². The molecule has 0 saturated heterocycles. The fraction of sp³-hybridized carbons (Fsp3) is 0.400. The largest absolute Gasteiger partial charge is 0.480 e. The van der Waals surface area contributed by atoms with E-state index in [0.29, 0.717) is 25.0 Å². The Kier molecular flexibility index (Phi) is 6.93. The molecule has 0 radical (unpaired) electrons. The van der Waals surface area contributed by atoms with Gasteiger partial charge in [0.15, 0.2) is 0 Å². The molecule has 1 atom stereocenters. The van der Waals surface area contributed by atoms with Gasteiger partial charge in [-0.25, -0.2) is 9.59 Å². The predicted octanol–water partition coefficient (Wildman–Crippen LogP) is 3.63. The topological polar surface area (TPSA) is 105 Å². The van der Waals surface area contributed by atoms with Crippen molar-refractivity contribution in [1.29, 1.82) is 0 Å². The molecule has 2 aromatic rings. The molecule has 0 unspecified atom stereocenters. The fourth-order valence-corrected chi connectivity index (χ4v) is 4.80. The third kappa shape index (κ3) is 5.00. The minimum Gasteiger partial charge on any atom is -0.480 e. The van der Waals surface area contributed by atoms with Crippen LogP contribution in [0.25, 0.3) is 11.1 Å². The van der Waals surface area contributed by atoms with E-state index in [1.807, 2.05) is 30.5 Å². The minimum atomic E-state index is -1.04. The third-order valence-corrected chi connectivity index (χ3v) is 7.11. The van der Waals surface area contributed by atoms with E-state index in [-0.39, 0.29) is 25.0 Å². The van der Waals surface area contributed by atoms with Crippen molar-refractivity contribution in [1.82, 2.24) is 10.6 Å². The standard InChI is InChI=1S/C25H28N2O5S/c1-33-13-10-21(22(28)29)27-23(30)25(11-12-25)15-26-24(31)32-14-20-18-8-4-2-6-16(18)17-7-3-5-9-19(17)20/h2-9,20-21H,10-15H2,1H3,(H,26,31)(H,27,30)(H,28,29)/t21-/m0/s1. The maximum atomic E-state index is 12.7. The van der Waals surface area contributed by atoms with Crippen LogP contribution in [-0.2, 0) is 14.3 Å². The zero-order valence-corrected chi connectivity index (χ0v) is 19.3. The minimum absolute atomic E-state index is 0.0332. The van der Waals surface area contributed by atoms with Gasteiger partial charge in [-0.05, 0) is 53.5 Å². The Morgan fingerprint density at radius 1 is 1.09 bits per heavy atom. The van der Waals surface area contributed by atoms with E-state index in [4.69, 9.17) is 4.74 Å². The lowest BCUT2D eigenvalue weighted by atomic mass is 9.98. The molecule has 2 amide bonds. The molecule has 0 bridgehead atoms. The summed E-state index contributed by atoms with van der Waals surface area (Å²) in [5.74, 6) is -0.760. The summed E-state index contributed by atoms with van der Waals surface area (Å²) in [6.07, 6.45) is 2.89. The van der Waals surface area contributed by atoms with Gasteiger partial charge in [-0.1, -0.05) is 48.5 Å². The number of nitrogens with one attached hydrogen (secondary N) is 2. The first-order chi connectivity index (χ1) is 15.9. The van der Waals surface area contributed by atoms with E-state index in [0.717, 1.165) is 22.3 Å². The van der Waals surface area contributed by atoms with Crippen LogP contribution in [0.1, 0.15) is 36.3 Å². The van der Waals surface area contributed by atoms with Crippen LogP contribution < -0.4 is 10.6 Å². The van der Waals surface area contributed by atoms with E-state index in [2.05, 4.69) is 34.9 Å². The van der Waals surface area contributed by atoms with Crippen molar-refractivity contribution in [3.8, 4) is 11.1 Å². The van der Waals surface area contributed by atoms with Crippen LogP contribution in [0.2, 0.25) is 0 Å². The average molecular weight is 469 g/mol. The molecule has 3 N–H and O–H groups in total. The Balaban J connectivity index is 1.31. The van der Waals surface area contributed by atoms with Crippen molar-refractivity contribution in [3.05, 3.63) is 59.7 Å². The number of amides is 2. The Morgan fingerprint density at radius 2 is 1.70 bits per heavy atom. The number of hydrogen-bond donors (Lipinski definition) is 3. The van der Waals surface area contributed by atoms with Crippen LogP contribution in [0.4, 0.5) is 4.79 Å². The number of ether oxygens (including phenoxy) is 1. The highest BCUT2D eigenvalue weighted by molar-refractivity contribution is 7.98. The molecule has 2 aromatic carbocycles. The lowest BCUT2D eigenvalue weighted by molar-refractivity contribution is -0.142. The third-order valence-electron chi connectivity index (χ3n) is 6.46. The van der Waals surface area contributed by atoms with Crippen molar-refractivity contribution in [2.75, 3.05) is 25.2 Å². The molecule has 0 aromatic heterocycles. The van der Waals surface area contributed by atoms with E-state index in [1.165, 1.54) is 11.8 Å². The number of rotatable bonds is 10. The summed E-state index contributed by atoms with van der Waals surface area (Å²) in [6, 6.07) is 15.3. The van der Waals surface area contributed by atoms with Gasteiger partial charge >= 0.3 is 12.1 Å². The van der Waals surface area contributed by atoms with Gasteiger partial charge in [0.1, 0.15) is 12.6 Å². The Labute approximate surface area is 197 Å². The first-order valence-electron chi connectivity index (χ1n) is 11.1. The highest BCUT2D eigenvalue weighted by Gasteiger charge is 2.50. The molecule has 2 aliphatic carbocycles.